The topological polar surface area (TPSA) is 55.3 Å². The summed E-state index contributed by atoms with van der Waals surface area (Å²) in [7, 11) is 0. The van der Waals surface area contributed by atoms with Crippen molar-refractivity contribution in [1.82, 2.24) is 10.1 Å². The Morgan fingerprint density at radius 3 is 2.90 bits per heavy atom. The zero-order valence-electron chi connectivity index (χ0n) is 11.9. The highest BCUT2D eigenvalue weighted by Crippen LogP contribution is 2.21. The average Bonchev–Trinajstić information content (AvgIpc) is 2.88. The van der Waals surface area contributed by atoms with Crippen LogP contribution in [0.1, 0.15) is 24.2 Å². The average molecular weight is 271 g/mol. The van der Waals surface area contributed by atoms with E-state index < -0.39 is 0 Å². The van der Waals surface area contributed by atoms with Gasteiger partial charge in [0.25, 0.3) is 0 Å². The highest BCUT2D eigenvalue weighted by Gasteiger charge is 2.18. The molecule has 1 fully saturated rings. The van der Waals surface area contributed by atoms with Gasteiger partial charge < -0.3 is 10.3 Å². The van der Waals surface area contributed by atoms with E-state index >= 15 is 0 Å². The number of aryl methyl sites for hydroxylation is 1. The van der Waals surface area contributed by atoms with Crippen LogP contribution < -0.4 is 5.73 Å². The first-order chi connectivity index (χ1) is 9.70. The number of nitrogens with two attached hydrogens (primary N) is 1. The summed E-state index contributed by atoms with van der Waals surface area (Å²) in [6.45, 7) is 4.92. The van der Waals surface area contributed by atoms with Crippen LogP contribution >= 0.6 is 0 Å². The molecule has 0 amide bonds. The molecule has 0 spiro atoms. The molecule has 4 heteroatoms. The number of likely N-dealkylation sites (tertiary alicyclic amines) is 1. The monoisotopic (exact) mass is 271 g/mol. The van der Waals surface area contributed by atoms with Crippen molar-refractivity contribution < 1.29 is 4.52 Å². The Labute approximate surface area is 119 Å². The Balaban J connectivity index is 1.69. The lowest BCUT2D eigenvalue weighted by atomic mass is 10.1. The maximum absolute atomic E-state index is 6.00. The molecule has 0 radical (unpaired) electrons. The van der Waals surface area contributed by atoms with E-state index in [9.17, 15) is 0 Å². The number of benzene rings is 1. The zero-order chi connectivity index (χ0) is 13.9. The maximum Gasteiger partial charge on any atom is 0.151 e. The molecule has 3 rings (SSSR count). The predicted octanol–water partition coefficient (Wildman–Crippen LogP) is 2.57. The van der Waals surface area contributed by atoms with Crippen molar-refractivity contribution >= 4 is 0 Å². The summed E-state index contributed by atoms with van der Waals surface area (Å²) in [4.78, 5) is 2.34. The largest absolute Gasteiger partial charge is 0.359 e. The van der Waals surface area contributed by atoms with E-state index in [1.54, 1.807) is 0 Å². The van der Waals surface area contributed by atoms with Crippen molar-refractivity contribution in [2.45, 2.75) is 32.4 Å². The summed E-state index contributed by atoms with van der Waals surface area (Å²) in [6, 6.07) is 10.7. The van der Waals surface area contributed by atoms with Gasteiger partial charge in [0.2, 0.25) is 0 Å². The molecule has 2 N–H and O–H groups in total. The third kappa shape index (κ3) is 3.08. The molecular formula is C16H21N3O. The number of rotatable bonds is 3. The van der Waals surface area contributed by atoms with Crippen LogP contribution in [0.25, 0.3) is 11.3 Å². The molecule has 0 aliphatic carbocycles. The van der Waals surface area contributed by atoms with Crippen LogP contribution in [-0.4, -0.2) is 29.2 Å². The minimum atomic E-state index is 0.295. The SMILES string of the molecule is Cc1ccc(-c2cc(CN3CCCC(N)C3)on2)cc1. The molecule has 1 atom stereocenters. The Bertz CT molecular complexity index is 561. The van der Waals surface area contributed by atoms with E-state index in [0.29, 0.717) is 6.04 Å². The smallest absolute Gasteiger partial charge is 0.151 e. The molecule has 106 valence electrons. The molecule has 0 bridgehead atoms. The van der Waals surface area contributed by atoms with Crippen LogP contribution in [0.15, 0.2) is 34.9 Å². The summed E-state index contributed by atoms with van der Waals surface area (Å²) in [5, 5.41) is 4.17. The number of hydrogen-bond acceptors (Lipinski definition) is 4. The van der Waals surface area contributed by atoms with Crippen LogP contribution in [-0.2, 0) is 6.54 Å². The molecular weight excluding hydrogens is 250 g/mol. The lowest BCUT2D eigenvalue weighted by Gasteiger charge is -2.29. The van der Waals surface area contributed by atoms with Gasteiger partial charge in [0.05, 0.1) is 6.54 Å². The molecule has 1 aromatic carbocycles. The molecule has 20 heavy (non-hydrogen) atoms. The number of piperidine rings is 1. The van der Waals surface area contributed by atoms with Gasteiger partial charge >= 0.3 is 0 Å². The lowest BCUT2D eigenvalue weighted by Crippen LogP contribution is -2.42. The standard InChI is InChI=1S/C16H21N3O/c1-12-4-6-13(7-5-12)16-9-15(20-18-16)11-19-8-2-3-14(17)10-19/h4-7,9,14H,2-3,8,10-11,17H2,1H3. The van der Waals surface area contributed by atoms with Crippen molar-refractivity contribution in [2.24, 2.45) is 5.73 Å². The fraction of sp³-hybridized carbons (Fsp3) is 0.438. The normalized spacial score (nSPS) is 20.2. The summed E-state index contributed by atoms with van der Waals surface area (Å²) >= 11 is 0. The van der Waals surface area contributed by atoms with Crippen LogP contribution in [0.3, 0.4) is 0 Å². The van der Waals surface area contributed by atoms with Gasteiger partial charge in [-0.15, -0.1) is 0 Å². The van der Waals surface area contributed by atoms with Crippen molar-refractivity contribution in [3.63, 3.8) is 0 Å². The summed E-state index contributed by atoms with van der Waals surface area (Å²) in [6.07, 6.45) is 2.29. The van der Waals surface area contributed by atoms with E-state index in [1.165, 1.54) is 12.0 Å². The Morgan fingerprint density at radius 1 is 1.35 bits per heavy atom. The van der Waals surface area contributed by atoms with Gasteiger partial charge in [0.1, 0.15) is 5.69 Å². The lowest BCUT2D eigenvalue weighted by molar-refractivity contribution is 0.181. The third-order valence-corrected chi connectivity index (χ3v) is 3.83. The van der Waals surface area contributed by atoms with Crippen LogP contribution in [0, 0.1) is 6.92 Å². The van der Waals surface area contributed by atoms with Crippen molar-refractivity contribution in [3.05, 3.63) is 41.7 Å². The molecule has 1 aliphatic heterocycles. The second-order valence-corrected chi connectivity index (χ2v) is 5.68. The summed E-state index contributed by atoms with van der Waals surface area (Å²) in [5.41, 5.74) is 9.25. The molecule has 0 saturated carbocycles. The van der Waals surface area contributed by atoms with Crippen molar-refractivity contribution in [1.29, 1.82) is 0 Å². The Hall–Kier alpha value is -1.65. The fourth-order valence-electron chi connectivity index (χ4n) is 2.70. The Morgan fingerprint density at radius 2 is 2.15 bits per heavy atom. The predicted molar refractivity (Wildman–Crippen MR) is 79.2 cm³/mol. The summed E-state index contributed by atoms with van der Waals surface area (Å²) < 4.78 is 5.45. The molecule has 1 aliphatic rings. The van der Waals surface area contributed by atoms with Gasteiger partial charge in [-0.05, 0) is 26.3 Å². The number of hydrogen-bond donors (Lipinski definition) is 1. The van der Waals surface area contributed by atoms with Gasteiger partial charge in [-0.1, -0.05) is 35.0 Å². The van der Waals surface area contributed by atoms with Gasteiger partial charge in [-0.25, -0.2) is 0 Å². The van der Waals surface area contributed by atoms with E-state index in [2.05, 4.69) is 41.2 Å². The first-order valence-corrected chi connectivity index (χ1v) is 7.21. The van der Waals surface area contributed by atoms with Crippen molar-refractivity contribution in [3.8, 4) is 11.3 Å². The van der Waals surface area contributed by atoms with Gasteiger partial charge in [-0.3, -0.25) is 4.90 Å². The highest BCUT2D eigenvalue weighted by atomic mass is 16.5. The second-order valence-electron chi connectivity index (χ2n) is 5.68. The van der Waals surface area contributed by atoms with Gasteiger partial charge in [-0.2, -0.15) is 0 Å². The molecule has 2 aromatic rings. The maximum atomic E-state index is 6.00. The van der Waals surface area contributed by atoms with E-state index in [-0.39, 0.29) is 0 Å². The molecule has 1 saturated heterocycles. The van der Waals surface area contributed by atoms with E-state index in [4.69, 9.17) is 10.3 Å². The van der Waals surface area contributed by atoms with Gasteiger partial charge in [0, 0.05) is 24.2 Å². The van der Waals surface area contributed by atoms with E-state index in [1.807, 2.05) is 6.07 Å². The van der Waals surface area contributed by atoms with Crippen molar-refractivity contribution in [2.75, 3.05) is 13.1 Å². The van der Waals surface area contributed by atoms with Crippen LogP contribution in [0.5, 0.6) is 0 Å². The van der Waals surface area contributed by atoms with Crippen LogP contribution in [0.4, 0.5) is 0 Å². The number of nitrogens with zero attached hydrogens (tertiary/aromatic N) is 2. The molecule has 1 aromatic heterocycles. The Kier molecular flexibility index (Phi) is 3.85. The minimum Gasteiger partial charge on any atom is -0.359 e. The van der Waals surface area contributed by atoms with E-state index in [0.717, 1.165) is 43.1 Å². The molecule has 1 unspecified atom stereocenters. The quantitative estimate of drug-likeness (QED) is 0.932. The fourth-order valence-corrected chi connectivity index (χ4v) is 2.70. The highest BCUT2D eigenvalue weighted by molar-refractivity contribution is 5.59. The van der Waals surface area contributed by atoms with Gasteiger partial charge in [0.15, 0.2) is 5.76 Å². The molecule has 4 nitrogen and oxygen atoms in total. The molecule has 2 heterocycles. The first-order valence-electron chi connectivity index (χ1n) is 7.21. The third-order valence-electron chi connectivity index (χ3n) is 3.83. The zero-order valence-corrected chi connectivity index (χ0v) is 11.9. The van der Waals surface area contributed by atoms with Crippen LogP contribution in [0.2, 0.25) is 0 Å². The second kappa shape index (κ2) is 5.77. The summed E-state index contributed by atoms with van der Waals surface area (Å²) in [5.74, 6) is 0.912. The minimum absolute atomic E-state index is 0.295. The first kappa shape index (κ1) is 13.3. The number of aromatic nitrogens is 1.